The van der Waals surface area contributed by atoms with Crippen LogP contribution < -0.4 is 20.9 Å². The number of amides is 1. The van der Waals surface area contributed by atoms with E-state index in [0.29, 0.717) is 45.6 Å². The van der Waals surface area contributed by atoms with Crippen LogP contribution >= 0.6 is 11.6 Å². The summed E-state index contributed by atoms with van der Waals surface area (Å²) in [7, 11) is 1.37. The monoisotopic (exact) mass is 532 g/mol. The van der Waals surface area contributed by atoms with Crippen molar-refractivity contribution >= 4 is 46.5 Å². The Morgan fingerprint density at radius 2 is 1.92 bits per heavy atom. The predicted molar refractivity (Wildman–Crippen MR) is 139 cm³/mol. The van der Waals surface area contributed by atoms with Gasteiger partial charge in [0.15, 0.2) is 17.2 Å². The minimum atomic E-state index is -0.402. The van der Waals surface area contributed by atoms with Gasteiger partial charge in [-0.05, 0) is 49.7 Å². The second-order valence-electron chi connectivity index (χ2n) is 10.0. The average Bonchev–Trinajstić information content (AvgIpc) is 3.31. The van der Waals surface area contributed by atoms with Crippen LogP contribution in [0.4, 0.5) is 27.9 Å². The summed E-state index contributed by atoms with van der Waals surface area (Å²) in [6, 6.07) is 8.20. The lowest BCUT2D eigenvalue weighted by molar-refractivity contribution is 0.166. The molecule has 3 aliphatic rings. The van der Waals surface area contributed by atoms with E-state index in [2.05, 4.69) is 48.1 Å². The van der Waals surface area contributed by atoms with Crippen LogP contribution in [0.25, 0.3) is 5.65 Å². The fourth-order valence-electron chi connectivity index (χ4n) is 5.48. The van der Waals surface area contributed by atoms with Gasteiger partial charge < -0.3 is 25.6 Å². The Hall–Kier alpha value is -4.29. The van der Waals surface area contributed by atoms with E-state index in [1.54, 1.807) is 12.1 Å². The van der Waals surface area contributed by atoms with Gasteiger partial charge in [-0.2, -0.15) is 20.0 Å². The lowest BCUT2D eigenvalue weighted by Crippen LogP contribution is -2.34. The molecule has 0 spiro atoms. The first-order chi connectivity index (χ1) is 18.4. The number of ether oxygens (including phenoxy) is 1. The molecular weight excluding hydrogens is 508 g/mol. The maximum atomic E-state index is 11.6. The highest BCUT2D eigenvalue weighted by Gasteiger charge is 2.42. The van der Waals surface area contributed by atoms with Crippen molar-refractivity contribution in [3.05, 3.63) is 34.6 Å². The first-order valence-corrected chi connectivity index (χ1v) is 12.9. The van der Waals surface area contributed by atoms with Crippen LogP contribution in [0.15, 0.2) is 18.3 Å². The number of benzene rings is 1. The number of imidazole rings is 1. The molecule has 0 radical (unpaired) electrons. The van der Waals surface area contributed by atoms with Crippen molar-refractivity contribution in [2.75, 3.05) is 35.7 Å². The van der Waals surface area contributed by atoms with Crippen molar-refractivity contribution in [2.24, 2.45) is 11.8 Å². The second kappa shape index (κ2) is 9.54. The zero-order valence-corrected chi connectivity index (χ0v) is 21.4. The van der Waals surface area contributed by atoms with E-state index in [4.69, 9.17) is 16.3 Å². The Kier molecular flexibility index (Phi) is 6.04. The van der Waals surface area contributed by atoms with Crippen LogP contribution in [0, 0.1) is 34.5 Å². The van der Waals surface area contributed by atoms with E-state index in [1.807, 2.05) is 0 Å². The van der Waals surface area contributed by atoms with Gasteiger partial charge in [0.05, 0.1) is 41.3 Å². The van der Waals surface area contributed by atoms with Crippen molar-refractivity contribution in [3.63, 3.8) is 0 Å². The molecule has 3 aromatic rings. The SMILES string of the molecule is COC(=O)N[C@@H]1C[C@@H]2CN(c3cc(C#N)cc(Nc4nc(NC5CC5)c5ncc(C#N)n5n4)c3Cl)C[C@@H]2C1. The smallest absolute Gasteiger partial charge is 0.407 e. The Labute approximate surface area is 223 Å². The van der Waals surface area contributed by atoms with Crippen LogP contribution in [-0.4, -0.2) is 58.0 Å². The lowest BCUT2D eigenvalue weighted by atomic mass is 10.0. The van der Waals surface area contributed by atoms with E-state index in [-0.39, 0.29) is 17.7 Å². The van der Waals surface area contributed by atoms with Gasteiger partial charge in [0.1, 0.15) is 6.07 Å². The molecule has 1 aromatic carbocycles. The number of nitrogens with one attached hydrogen (secondary N) is 3. The van der Waals surface area contributed by atoms with E-state index < -0.39 is 6.09 Å². The number of anilines is 4. The first-order valence-electron chi connectivity index (χ1n) is 12.5. The number of nitrogens with zero attached hydrogens (tertiary/aromatic N) is 7. The number of aromatic nitrogens is 4. The Bertz CT molecular complexity index is 1490. The first kappa shape index (κ1) is 24.1. The summed E-state index contributed by atoms with van der Waals surface area (Å²) in [5, 5.41) is 33.6. The molecule has 2 aromatic heterocycles. The predicted octanol–water partition coefficient (Wildman–Crippen LogP) is 3.41. The van der Waals surface area contributed by atoms with Crippen LogP contribution in [0.2, 0.25) is 5.02 Å². The zero-order chi connectivity index (χ0) is 26.4. The maximum Gasteiger partial charge on any atom is 0.407 e. The highest BCUT2D eigenvalue weighted by atomic mass is 35.5. The average molecular weight is 533 g/mol. The standard InChI is InChI=1S/C25H25ClN10O2/c1-38-25(37)31-17-6-14-11-35(12-15(14)7-17)20-5-13(8-27)4-19(21(20)26)32-24-33-22(30-16-2-3-16)23-29-10-18(9-28)36(23)34-24/h4-5,10,14-17H,2-3,6-7,11-12H2,1H3,(H,31,37)(H2,30,32,33,34)/t14-,15+,17-. The zero-order valence-electron chi connectivity index (χ0n) is 20.6. The Morgan fingerprint density at radius 3 is 2.58 bits per heavy atom. The molecule has 6 rings (SSSR count). The number of fused-ring (bicyclic) bond motifs is 2. The van der Waals surface area contributed by atoms with Crippen LogP contribution in [0.5, 0.6) is 0 Å². The molecule has 194 valence electrons. The number of hydrogen-bond acceptors (Lipinski definition) is 10. The molecule has 1 saturated heterocycles. The summed E-state index contributed by atoms with van der Waals surface area (Å²) in [6.07, 6.45) is 4.88. The summed E-state index contributed by atoms with van der Waals surface area (Å²) in [5.74, 6) is 1.57. The largest absolute Gasteiger partial charge is 0.453 e. The second-order valence-corrected chi connectivity index (χ2v) is 10.4. The Balaban J connectivity index is 1.27. The van der Waals surface area contributed by atoms with Gasteiger partial charge >= 0.3 is 6.09 Å². The van der Waals surface area contributed by atoms with Crippen molar-refractivity contribution < 1.29 is 9.53 Å². The van der Waals surface area contributed by atoms with Gasteiger partial charge in [-0.25, -0.2) is 9.78 Å². The number of carbonyl (C=O) groups is 1. The number of methoxy groups -OCH3 is 1. The summed E-state index contributed by atoms with van der Waals surface area (Å²) in [4.78, 5) is 22.7. The topological polar surface area (TPSA) is 156 Å². The van der Waals surface area contributed by atoms with Crippen LogP contribution in [0.3, 0.4) is 0 Å². The van der Waals surface area contributed by atoms with E-state index >= 15 is 0 Å². The molecule has 3 fully saturated rings. The maximum absolute atomic E-state index is 11.6. The molecule has 3 atom stereocenters. The fourth-order valence-corrected chi connectivity index (χ4v) is 5.76. The molecule has 3 heterocycles. The van der Waals surface area contributed by atoms with Gasteiger partial charge in [-0.1, -0.05) is 11.6 Å². The normalized spacial score (nSPS) is 22.0. The number of carbonyl (C=O) groups excluding carboxylic acids is 1. The number of rotatable bonds is 6. The van der Waals surface area contributed by atoms with Crippen molar-refractivity contribution in [1.82, 2.24) is 24.9 Å². The summed E-state index contributed by atoms with van der Waals surface area (Å²) >= 11 is 6.90. The lowest BCUT2D eigenvalue weighted by Gasteiger charge is -2.24. The number of alkyl carbamates (subject to hydrolysis) is 1. The van der Waals surface area contributed by atoms with E-state index in [1.165, 1.54) is 17.8 Å². The highest BCUT2D eigenvalue weighted by molar-refractivity contribution is 6.36. The summed E-state index contributed by atoms with van der Waals surface area (Å²) in [6.45, 7) is 1.55. The molecule has 0 unspecified atom stereocenters. The molecule has 3 N–H and O–H groups in total. The third-order valence-corrected chi connectivity index (χ3v) is 7.82. The van der Waals surface area contributed by atoms with Crippen molar-refractivity contribution in [3.8, 4) is 12.1 Å². The molecule has 38 heavy (non-hydrogen) atoms. The molecule has 2 saturated carbocycles. The molecule has 13 heteroatoms. The van der Waals surface area contributed by atoms with Gasteiger partial charge in [0.25, 0.3) is 0 Å². The molecule has 12 nitrogen and oxygen atoms in total. The van der Waals surface area contributed by atoms with Gasteiger partial charge in [-0.3, -0.25) is 0 Å². The number of hydrogen-bond donors (Lipinski definition) is 3. The van der Waals surface area contributed by atoms with Crippen LogP contribution in [0.1, 0.15) is 36.9 Å². The highest BCUT2D eigenvalue weighted by Crippen LogP contribution is 2.44. The third-order valence-electron chi connectivity index (χ3n) is 7.42. The molecule has 2 aliphatic carbocycles. The number of nitriles is 2. The molecular formula is C25H25ClN10O2. The quantitative estimate of drug-likeness (QED) is 0.429. The van der Waals surface area contributed by atoms with E-state index in [9.17, 15) is 15.3 Å². The minimum absolute atomic E-state index is 0.102. The minimum Gasteiger partial charge on any atom is -0.453 e. The number of halogens is 1. The molecule has 1 amide bonds. The molecule has 0 bridgehead atoms. The van der Waals surface area contributed by atoms with Crippen molar-refractivity contribution in [2.45, 2.75) is 37.8 Å². The third kappa shape index (κ3) is 4.48. The van der Waals surface area contributed by atoms with Gasteiger partial charge in [0.2, 0.25) is 5.95 Å². The van der Waals surface area contributed by atoms with Gasteiger partial charge in [-0.15, -0.1) is 5.10 Å². The molecule has 1 aliphatic heterocycles. The Morgan fingerprint density at radius 1 is 1.16 bits per heavy atom. The summed E-state index contributed by atoms with van der Waals surface area (Å²) < 4.78 is 6.19. The van der Waals surface area contributed by atoms with Gasteiger partial charge in [0, 0.05) is 25.2 Å². The van der Waals surface area contributed by atoms with E-state index in [0.717, 1.165) is 44.5 Å². The fraction of sp³-hybridized carbons (Fsp3) is 0.440. The van der Waals surface area contributed by atoms with Crippen molar-refractivity contribution in [1.29, 1.82) is 10.5 Å². The van der Waals surface area contributed by atoms with Crippen LogP contribution in [-0.2, 0) is 4.74 Å². The summed E-state index contributed by atoms with van der Waals surface area (Å²) in [5.41, 5.74) is 2.47.